The molecule has 2 aromatic rings. The summed E-state index contributed by atoms with van der Waals surface area (Å²) in [7, 11) is 0. The van der Waals surface area contributed by atoms with Crippen molar-refractivity contribution in [2.24, 2.45) is 0 Å². The largest absolute Gasteiger partial charge is 0.351 e. The van der Waals surface area contributed by atoms with Crippen LogP contribution >= 0.6 is 11.3 Å². The lowest BCUT2D eigenvalue weighted by atomic mass is 9.97. The topological polar surface area (TPSA) is 52.7 Å². The van der Waals surface area contributed by atoms with Gasteiger partial charge in [0.15, 0.2) is 0 Å². The molecule has 0 radical (unpaired) electrons. The van der Waals surface area contributed by atoms with Crippen LogP contribution in [0.4, 0.5) is 4.39 Å². The summed E-state index contributed by atoms with van der Waals surface area (Å²) in [6, 6.07) is 8.31. The van der Waals surface area contributed by atoms with Crippen molar-refractivity contribution < 1.29 is 14.0 Å². The highest BCUT2D eigenvalue weighted by molar-refractivity contribution is 7.10. The molecule has 1 aliphatic heterocycles. The van der Waals surface area contributed by atoms with E-state index < -0.39 is 0 Å². The van der Waals surface area contributed by atoms with Gasteiger partial charge in [-0.3, -0.25) is 14.5 Å². The number of likely N-dealkylation sites (N-methyl/N-ethyl adjacent to an activating group) is 1. The lowest BCUT2D eigenvalue weighted by molar-refractivity contribution is -0.136. The van der Waals surface area contributed by atoms with Gasteiger partial charge in [-0.05, 0) is 54.1 Å². The van der Waals surface area contributed by atoms with Gasteiger partial charge in [-0.2, -0.15) is 0 Å². The van der Waals surface area contributed by atoms with E-state index in [2.05, 4.69) is 23.7 Å². The van der Waals surface area contributed by atoms with Crippen LogP contribution in [-0.4, -0.2) is 47.8 Å². The monoisotopic (exact) mass is 417 g/mol. The maximum Gasteiger partial charge on any atom is 0.237 e. The van der Waals surface area contributed by atoms with Crippen molar-refractivity contribution in [2.75, 3.05) is 26.2 Å². The first-order valence-corrected chi connectivity index (χ1v) is 11.0. The zero-order valence-corrected chi connectivity index (χ0v) is 17.8. The van der Waals surface area contributed by atoms with Crippen molar-refractivity contribution >= 4 is 23.2 Å². The molecule has 29 heavy (non-hydrogen) atoms. The van der Waals surface area contributed by atoms with E-state index in [1.54, 1.807) is 23.5 Å². The summed E-state index contributed by atoms with van der Waals surface area (Å²) in [6.07, 6.45) is 1.79. The number of carbonyl (C=O) groups is 2. The molecule has 2 amide bonds. The van der Waals surface area contributed by atoms with Crippen molar-refractivity contribution in [3.8, 4) is 0 Å². The molecule has 1 unspecified atom stereocenters. The third-order valence-electron chi connectivity index (χ3n) is 5.38. The molecule has 0 spiro atoms. The van der Waals surface area contributed by atoms with Crippen molar-refractivity contribution in [2.45, 2.75) is 39.3 Å². The van der Waals surface area contributed by atoms with Gasteiger partial charge in [-0.25, -0.2) is 4.39 Å². The Kier molecular flexibility index (Phi) is 7.39. The maximum atomic E-state index is 13.0. The Morgan fingerprint density at radius 1 is 1.21 bits per heavy atom. The normalized spacial score (nSPS) is 16.0. The quantitative estimate of drug-likeness (QED) is 0.717. The fourth-order valence-electron chi connectivity index (χ4n) is 3.76. The molecule has 0 saturated heterocycles. The van der Waals surface area contributed by atoms with Crippen LogP contribution < -0.4 is 5.32 Å². The van der Waals surface area contributed by atoms with Crippen LogP contribution in [0, 0.1) is 5.82 Å². The van der Waals surface area contributed by atoms with Crippen LogP contribution in [0.15, 0.2) is 35.7 Å². The van der Waals surface area contributed by atoms with E-state index in [-0.39, 0.29) is 36.8 Å². The number of nitrogens with zero attached hydrogens (tertiary/aromatic N) is 2. The summed E-state index contributed by atoms with van der Waals surface area (Å²) in [5, 5.41) is 4.94. The van der Waals surface area contributed by atoms with E-state index in [9.17, 15) is 14.0 Å². The van der Waals surface area contributed by atoms with Gasteiger partial charge in [0, 0.05) is 18.0 Å². The van der Waals surface area contributed by atoms with E-state index in [0.717, 1.165) is 24.9 Å². The predicted molar refractivity (Wildman–Crippen MR) is 113 cm³/mol. The number of rotatable bonds is 8. The third-order valence-corrected chi connectivity index (χ3v) is 6.37. The molecule has 1 aromatic carbocycles. The lowest BCUT2D eigenvalue weighted by Gasteiger charge is -2.36. The van der Waals surface area contributed by atoms with E-state index in [1.165, 1.54) is 22.6 Å². The Bertz CT molecular complexity index is 837. The number of halogens is 1. The molecule has 1 aliphatic rings. The van der Waals surface area contributed by atoms with Crippen LogP contribution in [0.2, 0.25) is 0 Å². The van der Waals surface area contributed by atoms with Gasteiger partial charge in [0.1, 0.15) is 5.82 Å². The number of hydrogen-bond donors (Lipinski definition) is 1. The Labute approximate surface area is 175 Å². The number of carbonyl (C=O) groups excluding carboxylic acids is 2. The number of amides is 2. The van der Waals surface area contributed by atoms with Crippen molar-refractivity contribution in [1.29, 1.82) is 0 Å². The Morgan fingerprint density at radius 3 is 2.66 bits per heavy atom. The highest BCUT2D eigenvalue weighted by Crippen LogP contribution is 2.35. The van der Waals surface area contributed by atoms with E-state index in [4.69, 9.17) is 0 Å². The molecular weight excluding hydrogens is 389 g/mol. The van der Waals surface area contributed by atoms with Crippen molar-refractivity contribution in [1.82, 2.24) is 15.1 Å². The number of benzene rings is 1. The molecule has 0 fully saturated rings. The fourth-order valence-corrected chi connectivity index (χ4v) is 4.69. The summed E-state index contributed by atoms with van der Waals surface area (Å²) in [5.41, 5.74) is 2.11. The smallest absolute Gasteiger partial charge is 0.237 e. The van der Waals surface area contributed by atoms with Gasteiger partial charge in [0.25, 0.3) is 0 Å². The molecule has 1 atom stereocenters. The Morgan fingerprint density at radius 2 is 1.97 bits per heavy atom. The molecule has 2 heterocycles. The second kappa shape index (κ2) is 9.98. The van der Waals surface area contributed by atoms with Crippen molar-refractivity contribution in [3.63, 3.8) is 0 Å². The van der Waals surface area contributed by atoms with Crippen LogP contribution in [0.25, 0.3) is 0 Å². The van der Waals surface area contributed by atoms with Gasteiger partial charge in [-0.1, -0.05) is 26.0 Å². The molecule has 7 heteroatoms. The number of nitrogens with one attached hydrogen (secondary N) is 1. The van der Waals surface area contributed by atoms with E-state index in [0.29, 0.717) is 13.1 Å². The van der Waals surface area contributed by atoms with E-state index >= 15 is 0 Å². The number of fused-ring (bicyclic) bond motifs is 1. The first kappa shape index (κ1) is 21.5. The summed E-state index contributed by atoms with van der Waals surface area (Å²) < 4.78 is 13.0. The minimum Gasteiger partial charge on any atom is -0.351 e. The minimum absolute atomic E-state index is 0.0712. The molecular formula is C22H28FN3O2S. The maximum absolute atomic E-state index is 13.0. The molecule has 1 N–H and O–H groups in total. The minimum atomic E-state index is -0.298. The molecule has 0 bridgehead atoms. The summed E-state index contributed by atoms with van der Waals surface area (Å²) in [5.74, 6) is -0.370. The third kappa shape index (κ3) is 5.42. The SMILES string of the molecule is CCC1c2ccsc2CCN1C(=O)CN(CC)CC(=O)NCc1ccc(F)cc1. The highest BCUT2D eigenvalue weighted by Gasteiger charge is 2.31. The van der Waals surface area contributed by atoms with Gasteiger partial charge in [-0.15, -0.1) is 11.3 Å². The van der Waals surface area contributed by atoms with Crippen molar-refractivity contribution in [3.05, 3.63) is 57.5 Å². The second-order valence-corrected chi connectivity index (χ2v) is 8.27. The zero-order chi connectivity index (χ0) is 20.8. The number of hydrogen-bond acceptors (Lipinski definition) is 4. The summed E-state index contributed by atoms with van der Waals surface area (Å²) in [4.78, 5) is 30.5. The molecule has 0 aliphatic carbocycles. The van der Waals surface area contributed by atoms with Gasteiger partial charge < -0.3 is 10.2 Å². The average Bonchev–Trinajstić information content (AvgIpc) is 3.20. The first-order chi connectivity index (χ1) is 14.0. The molecule has 1 aromatic heterocycles. The predicted octanol–water partition coefficient (Wildman–Crippen LogP) is 3.36. The van der Waals surface area contributed by atoms with Gasteiger partial charge >= 0.3 is 0 Å². The summed E-state index contributed by atoms with van der Waals surface area (Å²) >= 11 is 1.77. The molecule has 5 nitrogen and oxygen atoms in total. The summed E-state index contributed by atoms with van der Waals surface area (Å²) in [6.45, 7) is 6.15. The van der Waals surface area contributed by atoms with Gasteiger partial charge in [0.05, 0.1) is 19.1 Å². The molecule has 0 saturated carbocycles. The lowest BCUT2D eigenvalue weighted by Crippen LogP contribution is -2.47. The zero-order valence-electron chi connectivity index (χ0n) is 17.0. The highest BCUT2D eigenvalue weighted by atomic mass is 32.1. The average molecular weight is 418 g/mol. The molecule has 3 rings (SSSR count). The van der Waals surface area contributed by atoms with Crippen LogP contribution in [-0.2, 0) is 22.6 Å². The molecule has 156 valence electrons. The first-order valence-electron chi connectivity index (χ1n) is 10.1. The Balaban J connectivity index is 1.53. The standard InChI is InChI=1S/C22H28FN3O2S/c1-3-19-18-10-12-29-20(18)9-11-26(19)22(28)15-25(4-2)14-21(27)24-13-16-5-7-17(23)8-6-16/h5-8,10,12,19H,3-4,9,11,13-15H2,1-2H3,(H,24,27). The number of thiophene rings is 1. The van der Waals surface area contributed by atoms with Crippen LogP contribution in [0.3, 0.4) is 0 Å². The fraction of sp³-hybridized carbons (Fsp3) is 0.455. The second-order valence-electron chi connectivity index (χ2n) is 7.27. The van der Waals surface area contributed by atoms with Crippen LogP contribution in [0.1, 0.15) is 42.3 Å². The van der Waals surface area contributed by atoms with Gasteiger partial charge in [0.2, 0.25) is 11.8 Å². The van der Waals surface area contributed by atoms with E-state index in [1.807, 2.05) is 16.7 Å². The van der Waals surface area contributed by atoms with Crippen LogP contribution in [0.5, 0.6) is 0 Å². The Hall–Kier alpha value is -2.25.